The standard InChI is InChI=1S/C20H19ClN4O2/c21-13-5-6-15-12(7-13)9-17(24-15)20(27)25-16-8-11-3-1-2-4-14(11)19(16)23-10-18(22)26/h1-7,9,16,19,23-24H,8,10H2,(H2,22,26)(H,25,27)/t16-,19-/m1/s1. The van der Waals surface area contributed by atoms with Crippen LogP contribution in [0.3, 0.4) is 0 Å². The normalized spacial score (nSPS) is 18.4. The number of rotatable bonds is 5. The molecule has 0 aliphatic heterocycles. The van der Waals surface area contributed by atoms with Gasteiger partial charge in [-0.25, -0.2) is 0 Å². The van der Waals surface area contributed by atoms with E-state index in [-0.39, 0.29) is 24.5 Å². The zero-order valence-electron chi connectivity index (χ0n) is 14.5. The SMILES string of the molecule is NC(=O)CN[C@@H]1c2ccccc2C[C@H]1NC(=O)c1cc2cc(Cl)ccc2[nH]1. The van der Waals surface area contributed by atoms with Crippen molar-refractivity contribution in [2.45, 2.75) is 18.5 Å². The summed E-state index contributed by atoms with van der Waals surface area (Å²) in [6.07, 6.45) is 0.685. The lowest BCUT2D eigenvalue weighted by Gasteiger charge is -2.22. The Morgan fingerprint density at radius 1 is 1.19 bits per heavy atom. The first-order valence-corrected chi connectivity index (χ1v) is 9.07. The van der Waals surface area contributed by atoms with Crippen molar-refractivity contribution in [2.24, 2.45) is 5.73 Å². The van der Waals surface area contributed by atoms with E-state index < -0.39 is 5.91 Å². The third kappa shape index (κ3) is 3.54. The van der Waals surface area contributed by atoms with Gasteiger partial charge in [0.05, 0.1) is 18.6 Å². The first-order valence-electron chi connectivity index (χ1n) is 8.70. The number of H-pyrrole nitrogens is 1. The van der Waals surface area contributed by atoms with Crippen molar-refractivity contribution >= 4 is 34.3 Å². The zero-order chi connectivity index (χ0) is 19.0. The second-order valence-electron chi connectivity index (χ2n) is 6.72. The molecule has 0 spiro atoms. The number of fused-ring (bicyclic) bond motifs is 2. The predicted molar refractivity (Wildman–Crippen MR) is 105 cm³/mol. The molecule has 0 saturated carbocycles. The number of carbonyl (C=O) groups excluding carboxylic acids is 2. The van der Waals surface area contributed by atoms with Gasteiger partial charge >= 0.3 is 0 Å². The van der Waals surface area contributed by atoms with E-state index in [4.69, 9.17) is 17.3 Å². The van der Waals surface area contributed by atoms with Gasteiger partial charge in [-0.2, -0.15) is 0 Å². The average molecular weight is 383 g/mol. The van der Waals surface area contributed by atoms with E-state index in [0.29, 0.717) is 17.1 Å². The summed E-state index contributed by atoms with van der Waals surface area (Å²) in [7, 11) is 0. The minimum absolute atomic E-state index is 0.0518. The Hall–Kier alpha value is -2.83. The molecular formula is C20H19ClN4O2. The highest BCUT2D eigenvalue weighted by molar-refractivity contribution is 6.31. The van der Waals surface area contributed by atoms with Crippen molar-refractivity contribution < 1.29 is 9.59 Å². The minimum atomic E-state index is -0.433. The topological polar surface area (TPSA) is 100 Å². The summed E-state index contributed by atoms with van der Waals surface area (Å²) in [5.74, 6) is -0.636. The maximum absolute atomic E-state index is 12.8. The molecule has 2 amide bonds. The van der Waals surface area contributed by atoms with Crippen LogP contribution in [0.1, 0.15) is 27.7 Å². The quantitative estimate of drug-likeness (QED) is 0.544. The van der Waals surface area contributed by atoms with Crippen molar-refractivity contribution in [3.63, 3.8) is 0 Å². The number of carbonyl (C=O) groups is 2. The summed E-state index contributed by atoms with van der Waals surface area (Å²) in [6.45, 7) is 0.0518. The summed E-state index contributed by atoms with van der Waals surface area (Å²) >= 11 is 6.02. The van der Waals surface area contributed by atoms with E-state index in [2.05, 4.69) is 15.6 Å². The van der Waals surface area contributed by atoms with Gasteiger partial charge in [-0.1, -0.05) is 35.9 Å². The van der Waals surface area contributed by atoms with Gasteiger partial charge in [-0.3, -0.25) is 14.9 Å². The monoisotopic (exact) mass is 382 g/mol. The molecule has 1 heterocycles. The molecule has 7 heteroatoms. The van der Waals surface area contributed by atoms with Crippen molar-refractivity contribution in [3.8, 4) is 0 Å². The molecule has 138 valence electrons. The van der Waals surface area contributed by atoms with Crippen LogP contribution in [0, 0.1) is 0 Å². The summed E-state index contributed by atoms with van der Waals surface area (Å²) in [4.78, 5) is 27.1. The number of amides is 2. The van der Waals surface area contributed by atoms with Crippen LogP contribution in [0.4, 0.5) is 0 Å². The molecule has 3 aromatic rings. The van der Waals surface area contributed by atoms with E-state index in [9.17, 15) is 9.59 Å². The first kappa shape index (κ1) is 17.6. The molecular weight excluding hydrogens is 364 g/mol. The minimum Gasteiger partial charge on any atom is -0.369 e. The molecule has 1 aliphatic carbocycles. The van der Waals surface area contributed by atoms with Gasteiger partial charge in [0.2, 0.25) is 5.91 Å². The Bertz CT molecular complexity index is 1030. The average Bonchev–Trinajstić information content (AvgIpc) is 3.20. The molecule has 6 nitrogen and oxygen atoms in total. The number of primary amides is 1. The number of hydrogen-bond donors (Lipinski definition) is 4. The molecule has 0 radical (unpaired) electrons. The molecule has 4 rings (SSSR count). The Labute approximate surface area is 161 Å². The maximum Gasteiger partial charge on any atom is 0.268 e. The third-order valence-electron chi connectivity index (χ3n) is 4.87. The van der Waals surface area contributed by atoms with Gasteiger partial charge < -0.3 is 16.0 Å². The molecule has 0 unspecified atom stereocenters. The maximum atomic E-state index is 12.8. The first-order chi connectivity index (χ1) is 13.0. The molecule has 1 aliphatic rings. The Balaban J connectivity index is 1.56. The van der Waals surface area contributed by atoms with Crippen LogP contribution in [-0.2, 0) is 11.2 Å². The highest BCUT2D eigenvalue weighted by atomic mass is 35.5. The Morgan fingerprint density at radius 2 is 2.00 bits per heavy atom. The lowest BCUT2D eigenvalue weighted by atomic mass is 10.1. The van der Waals surface area contributed by atoms with Crippen molar-refractivity contribution in [1.29, 1.82) is 0 Å². The van der Waals surface area contributed by atoms with Gasteiger partial charge in [-0.05, 0) is 41.8 Å². The summed E-state index contributed by atoms with van der Waals surface area (Å²) in [5.41, 5.74) is 8.82. The number of nitrogens with one attached hydrogen (secondary N) is 3. The van der Waals surface area contributed by atoms with Gasteiger partial charge in [-0.15, -0.1) is 0 Å². The lowest BCUT2D eigenvalue weighted by molar-refractivity contribution is -0.117. The van der Waals surface area contributed by atoms with E-state index in [1.54, 1.807) is 12.1 Å². The number of aromatic nitrogens is 1. The number of halogens is 1. The number of benzene rings is 2. The highest BCUT2D eigenvalue weighted by Crippen LogP contribution is 2.31. The van der Waals surface area contributed by atoms with Crippen molar-refractivity contribution in [1.82, 2.24) is 15.6 Å². The fraction of sp³-hybridized carbons (Fsp3) is 0.200. The molecule has 2 aromatic carbocycles. The summed E-state index contributed by atoms with van der Waals surface area (Å²) in [6, 6.07) is 14.8. The Morgan fingerprint density at radius 3 is 2.81 bits per heavy atom. The predicted octanol–water partition coefficient (Wildman–Crippen LogP) is 2.29. The molecule has 5 N–H and O–H groups in total. The fourth-order valence-corrected chi connectivity index (χ4v) is 3.84. The van der Waals surface area contributed by atoms with Crippen LogP contribution in [-0.4, -0.2) is 29.4 Å². The number of nitrogens with two attached hydrogens (primary N) is 1. The van der Waals surface area contributed by atoms with E-state index in [1.807, 2.05) is 36.4 Å². The summed E-state index contributed by atoms with van der Waals surface area (Å²) < 4.78 is 0. The van der Waals surface area contributed by atoms with E-state index >= 15 is 0 Å². The van der Waals surface area contributed by atoms with E-state index in [0.717, 1.165) is 22.0 Å². The van der Waals surface area contributed by atoms with Crippen LogP contribution in [0.15, 0.2) is 48.5 Å². The number of aromatic amines is 1. The van der Waals surface area contributed by atoms with Crippen LogP contribution >= 0.6 is 11.6 Å². The largest absolute Gasteiger partial charge is 0.369 e. The van der Waals surface area contributed by atoms with Gasteiger partial charge in [0.1, 0.15) is 5.69 Å². The molecule has 0 fully saturated rings. The van der Waals surface area contributed by atoms with Gasteiger partial charge in [0.15, 0.2) is 0 Å². The molecule has 2 atom stereocenters. The van der Waals surface area contributed by atoms with E-state index in [1.165, 1.54) is 0 Å². The number of hydrogen-bond acceptors (Lipinski definition) is 3. The molecule has 0 saturated heterocycles. The van der Waals surface area contributed by atoms with Crippen LogP contribution in [0.5, 0.6) is 0 Å². The van der Waals surface area contributed by atoms with Gasteiger partial charge in [0, 0.05) is 15.9 Å². The molecule has 27 heavy (non-hydrogen) atoms. The molecule has 1 aromatic heterocycles. The van der Waals surface area contributed by atoms with Crippen molar-refractivity contribution in [2.75, 3.05) is 6.54 Å². The zero-order valence-corrected chi connectivity index (χ0v) is 15.2. The Kier molecular flexibility index (Phi) is 4.59. The molecule has 0 bridgehead atoms. The van der Waals surface area contributed by atoms with Crippen LogP contribution in [0.2, 0.25) is 5.02 Å². The highest BCUT2D eigenvalue weighted by Gasteiger charge is 2.33. The second-order valence-corrected chi connectivity index (χ2v) is 7.16. The van der Waals surface area contributed by atoms with Gasteiger partial charge in [0.25, 0.3) is 5.91 Å². The fourth-order valence-electron chi connectivity index (χ4n) is 3.66. The lowest BCUT2D eigenvalue weighted by Crippen LogP contribution is -2.44. The smallest absolute Gasteiger partial charge is 0.268 e. The summed E-state index contributed by atoms with van der Waals surface area (Å²) in [5, 5.41) is 7.74. The van der Waals surface area contributed by atoms with Crippen molar-refractivity contribution in [3.05, 3.63) is 70.4 Å². The van der Waals surface area contributed by atoms with Crippen LogP contribution in [0.25, 0.3) is 10.9 Å². The second kappa shape index (κ2) is 7.06. The third-order valence-corrected chi connectivity index (χ3v) is 5.11. The van der Waals surface area contributed by atoms with Crippen LogP contribution < -0.4 is 16.4 Å².